The van der Waals surface area contributed by atoms with Crippen LogP contribution in [0.25, 0.3) is 6.08 Å². The Balaban J connectivity index is 1.97. The summed E-state index contributed by atoms with van der Waals surface area (Å²) in [4.78, 5) is 32.9. The summed E-state index contributed by atoms with van der Waals surface area (Å²) >= 11 is 2.87. The normalized spacial score (nSPS) is 15.5. The van der Waals surface area contributed by atoms with Crippen molar-refractivity contribution in [1.82, 2.24) is 4.57 Å². The van der Waals surface area contributed by atoms with E-state index >= 15 is 0 Å². The summed E-state index contributed by atoms with van der Waals surface area (Å²) < 4.78 is 18.3. The van der Waals surface area contributed by atoms with E-state index in [0.717, 1.165) is 10.4 Å². The second kappa shape index (κ2) is 9.82. The number of hydrogen-bond acceptors (Lipinski definition) is 8. The first kappa shape index (κ1) is 23.7. The number of aryl methyl sites for hydroxylation is 1. The lowest BCUT2D eigenvalue weighted by Gasteiger charge is -2.25. The van der Waals surface area contributed by atoms with Crippen LogP contribution in [0.4, 0.5) is 0 Å². The standard InChI is InChI=1S/C25H24N2O5S2/c1-6-10-32-24(29)21-15(3)26-25-27(22(21)16-7-8-17(30-4)18(12-16)31-5)23(28)20(34-25)13-19-14(2)9-11-33-19/h6-9,11-13,22H,1,10H2,2-5H3. The van der Waals surface area contributed by atoms with Gasteiger partial charge in [-0.25, -0.2) is 9.79 Å². The maximum atomic E-state index is 13.6. The van der Waals surface area contributed by atoms with Gasteiger partial charge in [-0.15, -0.1) is 11.3 Å². The molecule has 1 aliphatic heterocycles. The molecular formula is C25H24N2O5S2. The summed E-state index contributed by atoms with van der Waals surface area (Å²) in [6.45, 7) is 7.41. The predicted molar refractivity (Wildman–Crippen MR) is 134 cm³/mol. The number of esters is 1. The fourth-order valence-electron chi connectivity index (χ4n) is 3.78. The van der Waals surface area contributed by atoms with Crippen LogP contribution in [-0.4, -0.2) is 31.4 Å². The molecule has 0 N–H and O–H groups in total. The smallest absolute Gasteiger partial charge is 0.338 e. The van der Waals surface area contributed by atoms with Crippen LogP contribution in [0.2, 0.25) is 0 Å². The summed E-state index contributed by atoms with van der Waals surface area (Å²) in [5.74, 6) is 0.484. The van der Waals surface area contributed by atoms with E-state index in [2.05, 4.69) is 11.6 Å². The zero-order valence-electron chi connectivity index (χ0n) is 19.3. The quantitative estimate of drug-likeness (QED) is 0.370. The van der Waals surface area contributed by atoms with E-state index in [9.17, 15) is 9.59 Å². The monoisotopic (exact) mass is 496 g/mol. The number of nitrogens with zero attached hydrogens (tertiary/aromatic N) is 2. The predicted octanol–water partition coefficient (Wildman–Crippen LogP) is 3.35. The molecule has 3 heterocycles. The molecule has 0 fully saturated rings. The van der Waals surface area contributed by atoms with Gasteiger partial charge < -0.3 is 14.2 Å². The van der Waals surface area contributed by atoms with Crippen molar-refractivity contribution in [3.63, 3.8) is 0 Å². The average molecular weight is 497 g/mol. The molecule has 0 bridgehead atoms. The fourth-order valence-corrected chi connectivity index (χ4v) is 5.75. The van der Waals surface area contributed by atoms with Gasteiger partial charge in [-0.3, -0.25) is 9.36 Å². The highest BCUT2D eigenvalue weighted by Gasteiger charge is 2.34. The zero-order chi connectivity index (χ0) is 24.4. The maximum absolute atomic E-state index is 13.6. The molecule has 0 aliphatic carbocycles. The third-order valence-corrected chi connectivity index (χ3v) is 7.41. The first-order valence-electron chi connectivity index (χ1n) is 10.5. The minimum Gasteiger partial charge on any atom is -0.493 e. The Morgan fingerprint density at radius 2 is 1.97 bits per heavy atom. The topological polar surface area (TPSA) is 79.1 Å². The SMILES string of the molecule is C=CCOC(=O)C1=C(C)N=c2sc(=Cc3sccc3C)c(=O)n2C1c1ccc(OC)c(OC)c1. The van der Waals surface area contributed by atoms with Crippen molar-refractivity contribution in [2.24, 2.45) is 4.99 Å². The summed E-state index contributed by atoms with van der Waals surface area (Å²) in [5, 5.41) is 1.99. The molecule has 1 atom stereocenters. The molecule has 1 aromatic carbocycles. The van der Waals surface area contributed by atoms with Crippen molar-refractivity contribution in [2.45, 2.75) is 19.9 Å². The number of benzene rings is 1. The minimum atomic E-state index is -0.736. The second-order valence-electron chi connectivity index (χ2n) is 7.55. The van der Waals surface area contributed by atoms with E-state index in [1.807, 2.05) is 30.5 Å². The Kier molecular flexibility index (Phi) is 6.85. The van der Waals surface area contributed by atoms with E-state index in [0.29, 0.717) is 37.7 Å². The van der Waals surface area contributed by atoms with E-state index in [1.165, 1.54) is 24.5 Å². The van der Waals surface area contributed by atoms with Gasteiger partial charge in [0, 0.05) is 4.88 Å². The summed E-state index contributed by atoms with van der Waals surface area (Å²) in [7, 11) is 3.09. The van der Waals surface area contributed by atoms with Crippen LogP contribution in [0.15, 0.2) is 63.4 Å². The van der Waals surface area contributed by atoms with Gasteiger partial charge in [0.05, 0.1) is 36.1 Å². The van der Waals surface area contributed by atoms with Crippen molar-refractivity contribution in [3.05, 3.63) is 89.3 Å². The van der Waals surface area contributed by atoms with Gasteiger partial charge >= 0.3 is 5.97 Å². The first-order valence-corrected chi connectivity index (χ1v) is 12.2. The molecule has 176 valence electrons. The van der Waals surface area contributed by atoms with Crippen LogP contribution in [0, 0.1) is 6.92 Å². The Bertz CT molecular complexity index is 1480. The summed E-state index contributed by atoms with van der Waals surface area (Å²) in [6, 6.07) is 6.61. The number of carbonyl (C=O) groups excluding carboxylic acids is 1. The highest BCUT2D eigenvalue weighted by Crippen LogP contribution is 2.36. The molecule has 0 saturated carbocycles. The lowest BCUT2D eigenvalue weighted by atomic mass is 9.95. The highest BCUT2D eigenvalue weighted by atomic mass is 32.1. The van der Waals surface area contributed by atoms with Crippen molar-refractivity contribution >= 4 is 34.7 Å². The van der Waals surface area contributed by atoms with Crippen molar-refractivity contribution in [2.75, 3.05) is 20.8 Å². The van der Waals surface area contributed by atoms with Crippen molar-refractivity contribution in [3.8, 4) is 11.5 Å². The number of hydrogen-bond donors (Lipinski definition) is 0. The number of allylic oxidation sites excluding steroid dienone is 1. The number of carbonyl (C=O) groups is 1. The Morgan fingerprint density at radius 1 is 1.21 bits per heavy atom. The van der Waals surface area contributed by atoms with Crippen LogP contribution in [0.5, 0.6) is 11.5 Å². The van der Waals surface area contributed by atoms with Gasteiger partial charge in [0.1, 0.15) is 6.61 Å². The molecule has 9 heteroatoms. The van der Waals surface area contributed by atoms with Gasteiger partial charge in [-0.2, -0.15) is 0 Å². The number of thiazole rings is 1. The Labute approximate surface area is 204 Å². The number of fused-ring (bicyclic) bond motifs is 1. The molecular weight excluding hydrogens is 472 g/mol. The van der Waals surface area contributed by atoms with E-state index in [4.69, 9.17) is 14.2 Å². The van der Waals surface area contributed by atoms with Crippen LogP contribution >= 0.6 is 22.7 Å². The Morgan fingerprint density at radius 3 is 2.62 bits per heavy atom. The molecule has 4 rings (SSSR count). The summed E-state index contributed by atoms with van der Waals surface area (Å²) in [5.41, 5.74) is 2.33. The van der Waals surface area contributed by atoms with Crippen LogP contribution in [0.3, 0.4) is 0 Å². The number of rotatable bonds is 7. The molecule has 7 nitrogen and oxygen atoms in total. The number of ether oxygens (including phenoxy) is 3. The molecule has 2 aromatic heterocycles. The molecule has 0 amide bonds. The fraction of sp³-hybridized carbons (Fsp3) is 0.240. The minimum absolute atomic E-state index is 0.0519. The van der Waals surface area contributed by atoms with E-state index in [1.54, 1.807) is 42.1 Å². The number of methoxy groups -OCH3 is 2. The van der Waals surface area contributed by atoms with E-state index < -0.39 is 12.0 Å². The third kappa shape index (κ3) is 4.24. The molecule has 0 radical (unpaired) electrons. The molecule has 1 unspecified atom stereocenters. The van der Waals surface area contributed by atoms with Crippen molar-refractivity contribution in [1.29, 1.82) is 0 Å². The van der Waals surface area contributed by atoms with Gasteiger partial charge in [0.2, 0.25) is 0 Å². The van der Waals surface area contributed by atoms with Gasteiger partial charge in [0.25, 0.3) is 5.56 Å². The van der Waals surface area contributed by atoms with Gasteiger partial charge in [0.15, 0.2) is 16.3 Å². The number of aromatic nitrogens is 1. The molecule has 3 aromatic rings. The molecule has 0 spiro atoms. The zero-order valence-corrected chi connectivity index (χ0v) is 20.9. The number of thiophene rings is 1. The molecule has 1 aliphatic rings. The van der Waals surface area contributed by atoms with Gasteiger partial charge in [-0.05, 0) is 54.6 Å². The average Bonchev–Trinajstić information content (AvgIpc) is 3.38. The third-order valence-electron chi connectivity index (χ3n) is 5.46. The lowest BCUT2D eigenvalue weighted by Crippen LogP contribution is -2.40. The second-order valence-corrected chi connectivity index (χ2v) is 9.51. The first-order chi connectivity index (χ1) is 16.4. The van der Waals surface area contributed by atoms with E-state index in [-0.39, 0.29) is 12.2 Å². The van der Waals surface area contributed by atoms with Crippen LogP contribution in [0.1, 0.15) is 29.0 Å². The largest absolute Gasteiger partial charge is 0.493 e. The maximum Gasteiger partial charge on any atom is 0.338 e. The lowest BCUT2D eigenvalue weighted by molar-refractivity contribution is -0.138. The van der Waals surface area contributed by atoms with Crippen LogP contribution < -0.4 is 24.4 Å². The summed E-state index contributed by atoms with van der Waals surface area (Å²) in [6.07, 6.45) is 3.38. The van der Waals surface area contributed by atoms with Crippen LogP contribution in [-0.2, 0) is 9.53 Å². The van der Waals surface area contributed by atoms with Gasteiger partial charge in [-0.1, -0.05) is 30.1 Å². The Hall–Kier alpha value is -3.43. The van der Waals surface area contributed by atoms with Crippen molar-refractivity contribution < 1.29 is 19.0 Å². The molecule has 34 heavy (non-hydrogen) atoms. The highest BCUT2D eigenvalue weighted by molar-refractivity contribution is 7.11. The molecule has 0 saturated heterocycles.